The molecule has 0 unspecified atom stereocenters. The molecule has 0 N–H and O–H groups in total. The summed E-state index contributed by atoms with van der Waals surface area (Å²) in [6, 6.07) is 89.8. The van der Waals surface area contributed by atoms with Crippen molar-refractivity contribution in [2.24, 2.45) is 0 Å². The maximum Gasteiger partial charge on any atom is 0.164 e. The third-order valence-electron chi connectivity index (χ3n) is 11.9. The molecule has 1 aromatic heterocycles. The van der Waals surface area contributed by atoms with Gasteiger partial charge in [-0.05, 0) is 91.7 Å². The zero-order chi connectivity index (χ0) is 43.4. The molecular weight excluding hydrogens is 789 g/mol. The van der Waals surface area contributed by atoms with E-state index in [1.165, 1.54) is 21.9 Å². The van der Waals surface area contributed by atoms with E-state index in [2.05, 4.69) is 199 Å². The van der Waals surface area contributed by atoms with Gasteiger partial charge in [0.05, 0.1) is 0 Å². The SMILES string of the molecule is c1ccc(-c2nc(-c3ccccc3)nc(-c3ccc(-c4c(-c5ccc(N(c6ccccc6)c6ccccc6)cc5)c(-c5ccccc5)c5ccccc5c4-c4ccccc4)cc3)n2)cc1. The highest BCUT2D eigenvalue weighted by molar-refractivity contribution is 6.18. The van der Waals surface area contributed by atoms with Crippen molar-refractivity contribution in [2.45, 2.75) is 0 Å². The molecule has 11 rings (SSSR count). The molecule has 10 aromatic carbocycles. The Morgan fingerprint density at radius 3 is 0.815 bits per heavy atom. The van der Waals surface area contributed by atoms with Gasteiger partial charge in [0.2, 0.25) is 0 Å². The first-order valence-electron chi connectivity index (χ1n) is 21.9. The van der Waals surface area contributed by atoms with Gasteiger partial charge < -0.3 is 4.90 Å². The van der Waals surface area contributed by atoms with Crippen LogP contribution in [0, 0.1) is 0 Å². The molecular formula is C61H42N4. The predicted molar refractivity (Wildman–Crippen MR) is 270 cm³/mol. The minimum absolute atomic E-state index is 0.619. The normalized spacial score (nSPS) is 11.1. The van der Waals surface area contributed by atoms with Crippen LogP contribution in [0.5, 0.6) is 0 Å². The number of hydrogen-bond donors (Lipinski definition) is 0. The predicted octanol–water partition coefficient (Wildman–Crippen LogP) is 16.2. The number of anilines is 3. The summed E-state index contributed by atoms with van der Waals surface area (Å²) >= 11 is 0. The minimum Gasteiger partial charge on any atom is -0.311 e. The van der Waals surface area contributed by atoms with Gasteiger partial charge in [0.1, 0.15) is 0 Å². The second kappa shape index (κ2) is 17.6. The Labute approximate surface area is 379 Å². The highest BCUT2D eigenvalue weighted by Crippen LogP contribution is 2.51. The molecule has 0 atom stereocenters. The number of rotatable bonds is 10. The van der Waals surface area contributed by atoms with Gasteiger partial charge >= 0.3 is 0 Å². The quantitative estimate of drug-likeness (QED) is 0.138. The number of fused-ring (bicyclic) bond motifs is 1. The van der Waals surface area contributed by atoms with Gasteiger partial charge in [0.15, 0.2) is 17.5 Å². The second-order valence-electron chi connectivity index (χ2n) is 15.9. The van der Waals surface area contributed by atoms with Crippen molar-refractivity contribution in [1.82, 2.24) is 15.0 Å². The van der Waals surface area contributed by atoms with Gasteiger partial charge in [-0.25, -0.2) is 15.0 Å². The lowest BCUT2D eigenvalue weighted by molar-refractivity contribution is 1.07. The lowest BCUT2D eigenvalue weighted by atomic mass is 9.79. The Morgan fingerprint density at radius 1 is 0.200 bits per heavy atom. The molecule has 0 saturated carbocycles. The molecule has 0 fully saturated rings. The molecule has 306 valence electrons. The summed E-state index contributed by atoms with van der Waals surface area (Å²) in [5.41, 5.74) is 15.2. The Kier molecular flexibility index (Phi) is 10.6. The van der Waals surface area contributed by atoms with Gasteiger partial charge in [-0.15, -0.1) is 0 Å². The average Bonchev–Trinajstić information content (AvgIpc) is 3.40. The van der Waals surface area contributed by atoms with Crippen LogP contribution in [0.1, 0.15) is 0 Å². The molecule has 0 amide bonds. The average molecular weight is 831 g/mol. The van der Waals surface area contributed by atoms with Crippen LogP contribution >= 0.6 is 0 Å². The smallest absolute Gasteiger partial charge is 0.164 e. The van der Waals surface area contributed by atoms with E-state index < -0.39 is 0 Å². The molecule has 4 nitrogen and oxygen atoms in total. The molecule has 0 saturated heterocycles. The van der Waals surface area contributed by atoms with Crippen LogP contribution in [-0.4, -0.2) is 15.0 Å². The number of nitrogens with zero attached hydrogens (tertiary/aromatic N) is 4. The van der Waals surface area contributed by atoms with Crippen LogP contribution in [0.3, 0.4) is 0 Å². The maximum atomic E-state index is 5.07. The summed E-state index contributed by atoms with van der Waals surface area (Å²) in [6.45, 7) is 0. The molecule has 0 radical (unpaired) electrons. The molecule has 0 bridgehead atoms. The number of para-hydroxylation sites is 2. The molecule has 0 aliphatic rings. The van der Waals surface area contributed by atoms with Crippen LogP contribution in [0.15, 0.2) is 255 Å². The van der Waals surface area contributed by atoms with Gasteiger partial charge in [0.25, 0.3) is 0 Å². The van der Waals surface area contributed by atoms with E-state index in [4.69, 9.17) is 15.0 Å². The number of hydrogen-bond acceptors (Lipinski definition) is 4. The summed E-state index contributed by atoms with van der Waals surface area (Å²) in [6.07, 6.45) is 0. The fourth-order valence-corrected chi connectivity index (χ4v) is 8.93. The van der Waals surface area contributed by atoms with Gasteiger partial charge in [0, 0.05) is 33.8 Å². The largest absolute Gasteiger partial charge is 0.311 e. The van der Waals surface area contributed by atoms with E-state index in [-0.39, 0.29) is 0 Å². The first-order chi connectivity index (χ1) is 32.3. The summed E-state index contributed by atoms with van der Waals surface area (Å²) in [5.74, 6) is 1.89. The molecule has 1 heterocycles. The summed E-state index contributed by atoms with van der Waals surface area (Å²) < 4.78 is 0. The van der Waals surface area contributed by atoms with Crippen LogP contribution in [0.25, 0.3) is 89.4 Å². The van der Waals surface area contributed by atoms with Crippen LogP contribution in [0.4, 0.5) is 17.1 Å². The van der Waals surface area contributed by atoms with Crippen molar-refractivity contribution in [1.29, 1.82) is 0 Å². The highest BCUT2D eigenvalue weighted by atomic mass is 15.1. The number of aromatic nitrogens is 3. The van der Waals surface area contributed by atoms with E-state index in [1.54, 1.807) is 0 Å². The third kappa shape index (κ3) is 7.75. The van der Waals surface area contributed by atoms with Gasteiger partial charge in [-0.2, -0.15) is 0 Å². The summed E-state index contributed by atoms with van der Waals surface area (Å²) in [4.78, 5) is 17.4. The Balaban J connectivity index is 1.14. The summed E-state index contributed by atoms with van der Waals surface area (Å²) in [7, 11) is 0. The van der Waals surface area contributed by atoms with Crippen molar-refractivity contribution >= 4 is 27.8 Å². The van der Waals surface area contributed by atoms with Crippen molar-refractivity contribution < 1.29 is 0 Å². The van der Waals surface area contributed by atoms with E-state index in [1.807, 2.05) is 60.7 Å². The Morgan fingerprint density at radius 2 is 0.446 bits per heavy atom. The summed E-state index contributed by atoms with van der Waals surface area (Å²) in [5, 5.41) is 2.38. The van der Waals surface area contributed by atoms with Crippen LogP contribution in [-0.2, 0) is 0 Å². The topological polar surface area (TPSA) is 41.9 Å². The highest BCUT2D eigenvalue weighted by Gasteiger charge is 2.25. The molecule has 11 aromatic rings. The lowest BCUT2D eigenvalue weighted by Crippen LogP contribution is -2.09. The maximum absolute atomic E-state index is 5.07. The van der Waals surface area contributed by atoms with Crippen molar-refractivity contribution in [3.05, 3.63) is 255 Å². The fraction of sp³-hybridized carbons (Fsp3) is 0. The zero-order valence-electron chi connectivity index (χ0n) is 35.5. The van der Waals surface area contributed by atoms with Crippen molar-refractivity contribution in [2.75, 3.05) is 4.90 Å². The second-order valence-corrected chi connectivity index (χ2v) is 15.9. The monoisotopic (exact) mass is 830 g/mol. The van der Waals surface area contributed by atoms with E-state index in [0.717, 1.165) is 67.1 Å². The first-order valence-corrected chi connectivity index (χ1v) is 21.9. The molecule has 0 aliphatic carbocycles. The minimum atomic E-state index is 0.619. The lowest BCUT2D eigenvalue weighted by Gasteiger charge is -2.27. The standard InChI is InChI=1S/C61H42N4/c1-7-21-43(22-8-1)55-53-33-19-20-34-54(53)56(44-23-9-2-10-24-44)58(46-39-41-52(42-40-46)65(50-29-15-5-16-30-50)51-31-17-6-18-32-51)57(55)45-35-37-49(38-36-45)61-63-59(47-25-11-3-12-26-47)62-60(64-61)48-27-13-4-14-28-48/h1-42H. The van der Waals surface area contributed by atoms with Crippen molar-refractivity contribution in [3.63, 3.8) is 0 Å². The third-order valence-corrected chi connectivity index (χ3v) is 11.9. The molecule has 0 spiro atoms. The van der Waals surface area contributed by atoms with Crippen LogP contribution in [0.2, 0.25) is 0 Å². The van der Waals surface area contributed by atoms with E-state index in [9.17, 15) is 0 Å². The molecule has 4 heteroatoms. The fourth-order valence-electron chi connectivity index (χ4n) is 8.93. The van der Waals surface area contributed by atoms with Gasteiger partial charge in [-0.3, -0.25) is 0 Å². The molecule has 65 heavy (non-hydrogen) atoms. The molecule has 0 aliphatic heterocycles. The van der Waals surface area contributed by atoms with Crippen LogP contribution < -0.4 is 4.90 Å². The zero-order valence-corrected chi connectivity index (χ0v) is 35.5. The Bertz CT molecular complexity index is 3260. The first kappa shape index (κ1) is 39.1. The van der Waals surface area contributed by atoms with Gasteiger partial charge in [-0.1, -0.05) is 218 Å². The van der Waals surface area contributed by atoms with E-state index in [0.29, 0.717) is 17.5 Å². The Hall–Kier alpha value is -8.73. The van der Waals surface area contributed by atoms with Crippen molar-refractivity contribution in [3.8, 4) is 78.7 Å². The van der Waals surface area contributed by atoms with E-state index >= 15 is 0 Å². The number of benzene rings is 10.